The smallest absolute Gasteiger partial charge is 0.247 e. The van der Waals surface area contributed by atoms with Crippen LogP contribution in [0.15, 0.2) is 46.9 Å². The number of amides is 1. The Morgan fingerprint density at radius 1 is 1.29 bits per heavy atom. The second kappa shape index (κ2) is 5.95. The molecule has 0 saturated heterocycles. The molecule has 2 aromatic carbocycles. The van der Waals surface area contributed by atoms with E-state index >= 15 is 0 Å². The van der Waals surface area contributed by atoms with Crippen molar-refractivity contribution in [2.45, 2.75) is 12.5 Å². The number of nitrogens with one attached hydrogen (secondary N) is 1. The normalized spacial score (nSPS) is 13.5. The molecule has 0 radical (unpaired) electrons. The van der Waals surface area contributed by atoms with Crippen molar-refractivity contribution in [2.75, 3.05) is 5.32 Å². The fraction of sp³-hybridized carbons (Fsp3) is 0.133. The molecule has 0 fully saturated rings. The van der Waals surface area contributed by atoms with Gasteiger partial charge in [0, 0.05) is 10.2 Å². The molecule has 2 rings (SSSR count). The van der Waals surface area contributed by atoms with Gasteiger partial charge >= 0.3 is 0 Å². The highest BCUT2D eigenvalue weighted by Crippen LogP contribution is 2.31. The lowest BCUT2D eigenvalue weighted by Crippen LogP contribution is -2.45. The van der Waals surface area contributed by atoms with Crippen molar-refractivity contribution in [3.05, 3.63) is 57.5 Å². The van der Waals surface area contributed by atoms with Gasteiger partial charge in [0.15, 0.2) is 0 Å². The highest BCUT2D eigenvalue weighted by molar-refractivity contribution is 9.10. The summed E-state index contributed by atoms with van der Waals surface area (Å²) >= 11 is 9.29. The molecule has 6 heteroatoms. The summed E-state index contributed by atoms with van der Waals surface area (Å²) in [6.07, 6.45) is 0. The van der Waals surface area contributed by atoms with Gasteiger partial charge in [0.1, 0.15) is 11.3 Å². The topological polar surface area (TPSA) is 75.3 Å². The summed E-state index contributed by atoms with van der Waals surface area (Å²) in [7, 11) is 0. The van der Waals surface area contributed by atoms with Crippen LogP contribution in [0.25, 0.3) is 0 Å². The molecule has 0 aliphatic rings. The number of nitrogens with two attached hydrogens (primary N) is 1. The predicted octanol–water partition coefficient (Wildman–Crippen LogP) is 3.62. The SMILES string of the molecule is CC(Nc1ccc(Cl)c(Br)c1)(C(N)=O)c1ccc(O)cc1. The highest BCUT2D eigenvalue weighted by Gasteiger charge is 2.33. The molecule has 1 unspecified atom stereocenters. The van der Waals surface area contributed by atoms with Gasteiger partial charge in [0.25, 0.3) is 0 Å². The van der Waals surface area contributed by atoms with Gasteiger partial charge < -0.3 is 16.2 Å². The minimum Gasteiger partial charge on any atom is -0.508 e. The maximum atomic E-state index is 11.9. The van der Waals surface area contributed by atoms with E-state index in [9.17, 15) is 9.90 Å². The molecule has 1 amide bonds. The summed E-state index contributed by atoms with van der Waals surface area (Å²) in [6.45, 7) is 1.68. The molecule has 0 aliphatic carbocycles. The van der Waals surface area contributed by atoms with E-state index in [2.05, 4.69) is 21.2 Å². The van der Waals surface area contributed by atoms with Crippen molar-refractivity contribution >= 4 is 39.1 Å². The van der Waals surface area contributed by atoms with E-state index in [1.54, 1.807) is 37.3 Å². The van der Waals surface area contributed by atoms with Crippen LogP contribution in [0.3, 0.4) is 0 Å². The first-order chi connectivity index (χ1) is 9.83. The third-order valence-corrected chi connectivity index (χ3v) is 4.47. The van der Waals surface area contributed by atoms with Gasteiger partial charge in [-0.2, -0.15) is 0 Å². The van der Waals surface area contributed by atoms with Crippen molar-refractivity contribution < 1.29 is 9.90 Å². The predicted molar refractivity (Wildman–Crippen MR) is 87.4 cm³/mol. The van der Waals surface area contributed by atoms with E-state index in [1.807, 2.05) is 0 Å². The van der Waals surface area contributed by atoms with Crippen LogP contribution in [0.1, 0.15) is 12.5 Å². The van der Waals surface area contributed by atoms with Crippen LogP contribution >= 0.6 is 27.5 Å². The molecule has 0 spiro atoms. The number of hydrogen-bond acceptors (Lipinski definition) is 3. The molecule has 0 saturated carbocycles. The van der Waals surface area contributed by atoms with Gasteiger partial charge in [-0.15, -0.1) is 0 Å². The summed E-state index contributed by atoms with van der Waals surface area (Å²) < 4.78 is 0.715. The molecule has 0 aromatic heterocycles. The van der Waals surface area contributed by atoms with E-state index in [4.69, 9.17) is 17.3 Å². The average Bonchev–Trinajstić information content (AvgIpc) is 2.43. The van der Waals surface area contributed by atoms with Crippen molar-refractivity contribution in [3.8, 4) is 5.75 Å². The number of aromatic hydroxyl groups is 1. The Hall–Kier alpha value is -1.72. The second-order valence-corrected chi connectivity index (χ2v) is 6.05. The van der Waals surface area contributed by atoms with Crippen LogP contribution < -0.4 is 11.1 Å². The summed E-state index contributed by atoms with van der Waals surface area (Å²) in [4.78, 5) is 11.9. The first-order valence-electron chi connectivity index (χ1n) is 6.15. The van der Waals surface area contributed by atoms with Crippen molar-refractivity contribution in [1.82, 2.24) is 0 Å². The second-order valence-electron chi connectivity index (χ2n) is 4.79. The Balaban J connectivity index is 2.40. The zero-order valence-electron chi connectivity index (χ0n) is 11.2. The summed E-state index contributed by atoms with van der Waals surface area (Å²) in [5.41, 5.74) is 5.79. The van der Waals surface area contributed by atoms with E-state index < -0.39 is 11.4 Å². The Morgan fingerprint density at radius 2 is 1.90 bits per heavy atom. The molecule has 0 aliphatic heterocycles. The lowest BCUT2D eigenvalue weighted by Gasteiger charge is -2.29. The van der Waals surface area contributed by atoms with Crippen LogP contribution in [-0.2, 0) is 10.3 Å². The Kier molecular flexibility index (Phi) is 4.44. The minimum atomic E-state index is -1.11. The number of primary amides is 1. The van der Waals surface area contributed by atoms with Gasteiger partial charge in [-0.05, 0) is 58.7 Å². The third kappa shape index (κ3) is 3.31. The van der Waals surface area contributed by atoms with E-state index in [0.29, 0.717) is 20.7 Å². The highest BCUT2D eigenvalue weighted by atomic mass is 79.9. The zero-order chi connectivity index (χ0) is 15.6. The van der Waals surface area contributed by atoms with Gasteiger partial charge in [-0.3, -0.25) is 4.79 Å². The number of carbonyl (C=O) groups is 1. The maximum Gasteiger partial charge on any atom is 0.247 e. The van der Waals surface area contributed by atoms with Gasteiger partial charge in [-0.1, -0.05) is 23.7 Å². The quantitative estimate of drug-likeness (QED) is 0.770. The van der Waals surface area contributed by atoms with E-state index in [0.717, 1.165) is 0 Å². The van der Waals surface area contributed by atoms with Crippen LogP contribution in [0, 0.1) is 0 Å². The van der Waals surface area contributed by atoms with E-state index in [1.165, 1.54) is 12.1 Å². The number of phenols is 1. The standard InChI is InChI=1S/C15H14BrClN2O2/c1-15(14(18)21,9-2-5-11(20)6-3-9)19-10-4-7-13(17)12(16)8-10/h2-8,19-20H,1H3,(H2,18,21). The van der Waals surface area contributed by atoms with Gasteiger partial charge in [0.05, 0.1) is 5.02 Å². The molecule has 4 N–H and O–H groups in total. The Labute approximate surface area is 136 Å². The molecule has 4 nitrogen and oxygen atoms in total. The fourth-order valence-corrected chi connectivity index (χ4v) is 2.43. The molecule has 110 valence electrons. The number of halogens is 2. The number of carbonyl (C=O) groups excluding carboxylic acids is 1. The largest absolute Gasteiger partial charge is 0.508 e. The lowest BCUT2D eigenvalue weighted by molar-refractivity contribution is -0.122. The molecule has 0 heterocycles. The van der Waals surface area contributed by atoms with Crippen molar-refractivity contribution in [1.29, 1.82) is 0 Å². The lowest BCUT2D eigenvalue weighted by atomic mass is 9.90. The summed E-state index contributed by atoms with van der Waals surface area (Å²) in [5.74, 6) is -0.404. The Morgan fingerprint density at radius 3 is 2.43 bits per heavy atom. The number of rotatable bonds is 4. The van der Waals surface area contributed by atoms with Crippen LogP contribution in [-0.4, -0.2) is 11.0 Å². The van der Waals surface area contributed by atoms with Crippen LogP contribution in [0.4, 0.5) is 5.69 Å². The van der Waals surface area contributed by atoms with Crippen molar-refractivity contribution in [3.63, 3.8) is 0 Å². The Bertz CT molecular complexity index is 676. The first-order valence-corrected chi connectivity index (χ1v) is 7.32. The fourth-order valence-electron chi connectivity index (χ4n) is 1.93. The van der Waals surface area contributed by atoms with Crippen molar-refractivity contribution in [2.24, 2.45) is 5.73 Å². The summed E-state index contributed by atoms with van der Waals surface area (Å²) in [6, 6.07) is 11.6. The first kappa shape index (κ1) is 15.7. The van der Waals surface area contributed by atoms with Gasteiger partial charge in [0.2, 0.25) is 5.91 Å². The summed E-state index contributed by atoms with van der Waals surface area (Å²) in [5, 5.41) is 13.0. The van der Waals surface area contributed by atoms with Crippen LogP contribution in [0.2, 0.25) is 5.02 Å². The van der Waals surface area contributed by atoms with Gasteiger partial charge in [-0.25, -0.2) is 0 Å². The molecule has 0 bridgehead atoms. The number of benzene rings is 2. The number of phenolic OH excluding ortho intramolecular Hbond substituents is 1. The minimum absolute atomic E-state index is 0.125. The molecular weight excluding hydrogens is 356 g/mol. The number of anilines is 1. The zero-order valence-corrected chi connectivity index (χ0v) is 13.6. The average molecular weight is 370 g/mol. The van der Waals surface area contributed by atoms with Crippen LogP contribution in [0.5, 0.6) is 5.75 Å². The molecule has 2 aromatic rings. The molecule has 21 heavy (non-hydrogen) atoms. The molecular formula is C15H14BrClN2O2. The monoisotopic (exact) mass is 368 g/mol. The molecule has 1 atom stereocenters. The number of hydrogen-bond donors (Lipinski definition) is 3. The maximum absolute atomic E-state index is 11.9. The third-order valence-electron chi connectivity index (χ3n) is 3.25. The van der Waals surface area contributed by atoms with E-state index in [-0.39, 0.29) is 5.75 Å².